The number of hydrogen-bond donors (Lipinski definition) is 1. The number of carbonyl (C=O) groups is 2. The van der Waals surface area contributed by atoms with Crippen molar-refractivity contribution >= 4 is 28.2 Å². The van der Waals surface area contributed by atoms with E-state index < -0.39 is 0 Å². The van der Waals surface area contributed by atoms with Gasteiger partial charge in [-0.25, -0.2) is 4.98 Å². The average Bonchev–Trinajstić information content (AvgIpc) is 3.03. The van der Waals surface area contributed by atoms with Gasteiger partial charge in [-0.05, 0) is 24.8 Å². The normalized spacial score (nSPS) is 17.5. The molecule has 1 fully saturated rings. The number of aromatic nitrogens is 1. The van der Waals surface area contributed by atoms with Gasteiger partial charge in [-0.1, -0.05) is 48.6 Å². The van der Waals surface area contributed by atoms with E-state index >= 15 is 0 Å². The number of anilines is 1. The molecule has 2 N–H and O–H groups in total. The van der Waals surface area contributed by atoms with Crippen molar-refractivity contribution in [3.63, 3.8) is 0 Å². The van der Waals surface area contributed by atoms with Gasteiger partial charge in [0.2, 0.25) is 0 Å². The summed E-state index contributed by atoms with van der Waals surface area (Å²) in [5, 5.41) is 0.425. The van der Waals surface area contributed by atoms with E-state index in [1.807, 2.05) is 37.3 Å². The Hall–Kier alpha value is -2.21. The summed E-state index contributed by atoms with van der Waals surface area (Å²) in [6.07, 6.45) is 2.81. The van der Waals surface area contributed by atoms with Gasteiger partial charge < -0.3 is 10.6 Å². The quantitative estimate of drug-likeness (QED) is 0.892. The molecule has 132 valence electrons. The Kier molecular flexibility index (Phi) is 5.48. The number of likely N-dealkylation sites (tertiary alicyclic amines) is 1. The molecule has 0 bridgehead atoms. The average molecular weight is 357 g/mol. The van der Waals surface area contributed by atoms with Gasteiger partial charge in [-0.15, -0.1) is 0 Å². The summed E-state index contributed by atoms with van der Waals surface area (Å²) in [6.45, 7) is 3.15. The summed E-state index contributed by atoms with van der Waals surface area (Å²) < 4.78 is 0. The third-order valence-corrected chi connectivity index (χ3v) is 5.54. The topological polar surface area (TPSA) is 76.3 Å². The van der Waals surface area contributed by atoms with Crippen LogP contribution in [0, 0.1) is 5.92 Å². The molecule has 0 radical (unpaired) electrons. The molecule has 1 aromatic heterocycles. The zero-order valence-electron chi connectivity index (χ0n) is 14.4. The number of rotatable bonds is 5. The van der Waals surface area contributed by atoms with Crippen molar-refractivity contribution < 1.29 is 9.59 Å². The van der Waals surface area contributed by atoms with Gasteiger partial charge in [0.25, 0.3) is 5.91 Å². The Bertz CT molecular complexity index is 757. The summed E-state index contributed by atoms with van der Waals surface area (Å²) in [5.74, 6) is 0.0831. The highest BCUT2D eigenvalue weighted by molar-refractivity contribution is 7.17. The molecule has 1 aromatic carbocycles. The van der Waals surface area contributed by atoms with E-state index in [1.54, 1.807) is 4.90 Å². The monoisotopic (exact) mass is 357 g/mol. The van der Waals surface area contributed by atoms with Gasteiger partial charge in [0, 0.05) is 25.4 Å². The highest BCUT2D eigenvalue weighted by atomic mass is 32.1. The van der Waals surface area contributed by atoms with Crippen LogP contribution in [0.25, 0.3) is 0 Å². The van der Waals surface area contributed by atoms with E-state index in [4.69, 9.17) is 5.73 Å². The number of hydrogen-bond acceptors (Lipinski definition) is 5. The largest absolute Gasteiger partial charge is 0.375 e. The maximum atomic E-state index is 12.8. The van der Waals surface area contributed by atoms with Crippen LogP contribution in [0.15, 0.2) is 30.3 Å². The van der Waals surface area contributed by atoms with Gasteiger partial charge >= 0.3 is 0 Å². The molecule has 6 heteroatoms. The number of Topliss-reactive ketones (excluding diaryl/α,β-unsaturated/α-hetero) is 1. The van der Waals surface area contributed by atoms with E-state index in [1.165, 1.54) is 11.3 Å². The molecular weight excluding hydrogens is 334 g/mol. The fourth-order valence-electron chi connectivity index (χ4n) is 3.29. The molecule has 0 unspecified atom stereocenters. The molecule has 1 saturated heterocycles. The molecule has 1 aliphatic heterocycles. The molecule has 0 aliphatic carbocycles. The van der Waals surface area contributed by atoms with Crippen LogP contribution < -0.4 is 5.73 Å². The highest BCUT2D eigenvalue weighted by Gasteiger charge is 2.30. The van der Waals surface area contributed by atoms with E-state index in [0.717, 1.165) is 24.1 Å². The Morgan fingerprint density at radius 3 is 2.80 bits per heavy atom. The molecule has 1 aliphatic rings. The van der Waals surface area contributed by atoms with Crippen LogP contribution in [0.1, 0.15) is 40.7 Å². The molecule has 2 aromatic rings. The van der Waals surface area contributed by atoms with E-state index in [2.05, 4.69) is 4.98 Å². The number of nitrogens with two attached hydrogens (primary N) is 1. The lowest BCUT2D eigenvalue weighted by atomic mass is 9.90. The van der Waals surface area contributed by atoms with Crippen molar-refractivity contribution in [3.05, 3.63) is 46.5 Å². The van der Waals surface area contributed by atoms with Gasteiger partial charge in [0.05, 0.1) is 5.69 Å². The molecule has 25 heavy (non-hydrogen) atoms. The molecule has 2 heterocycles. The van der Waals surface area contributed by atoms with Crippen LogP contribution in [0.5, 0.6) is 0 Å². The van der Waals surface area contributed by atoms with Crippen LogP contribution >= 0.6 is 11.3 Å². The Balaban J connectivity index is 1.68. The second-order valence-corrected chi connectivity index (χ2v) is 7.43. The van der Waals surface area contributed by atoms with Crippen LogP contribution in [0.2, 0.25) is 0 Å². The Morgan fingerprint density at radius 1 is 1.32 bits per heavy atom. The van der Waals surface area contributed by atoms with Gasteiger partial charge in [-0.2, -0.15) is 0 Å². The standard InChI is InChI=1S/C19H23N3O2S/c1-2-15-17(25-19(20)21-15)18(24)22-10-6-9-14(12-22)16(23)11-13-7-4-3-5-8-13/h3-5,7-8,14H,2,6,9-12H2,1H3,(H2,20,21)/t14-/m0/s1. The number of ketones is 1. The lowest BCUT2D eigenvalue weighted by Gasteiger charge is -2.32. The maximum Gasteiger partial charge on any atom is 0.265 e. The summed E-state index contributed by atoms with van der Waals surface area (Å²) >= 11 is 1.24. The molecular formula is C19H23N3O2S. The summed E-state index contributed by atoms with van der Waals surface area (Å²) in [7, 11) is 0. The zero-order chi connectivity index (χ0) is 17.8. The predicted molar refractivity (Wildman–Crippen MR) is 99.7 cm³/mol. The number of aryl methyl sites for hydroxylation is 1. The first-order valence-electron chi connectivity index (χ1n) is 8.69. The lowest BCUT2D eigenvalue weighted by molar-refractivity contribution is -0.123. The molecule has 0 saturated carbocycles. The molecule has 1 amide bonds. The van der Waals surface area contributed by atoms with Gasteiger partial charge in [-0.3, -0.25) is 9.59 Å². The predicted octanol–water partition coefficient (Wildman–Crippen LogP) is 2.95. The number of piperidine rings is 1. The lowest BCUT2D eigenvalue weighted by Crippen LogP contribution is -2.42. The number of carbonyl (C=O) groups excluding carboxylic acids is 2. The smallest absolute Gasteiger partial charge is 0.265 e. The van der Waals surface area contributed by atoms with Crippen LogP contribution in [0.3, 0.4) is 0 Å². The number of amides is 1. The maximum absolute atomic E-state index is 12.8. The van der Waals surface area contributed by atoms with Crippen LogP contribution in [0.4, 0.5) is 5.13 Å². The number of nitrogen functional groups attached to an aromatic ring is 1. The van der Waals surface area contributed by atoms with E-state index in [-0.39, 0.29) is 17.6 Å². The Morgan fingerprint density at radius 2 is 2.08 bits per heavy atom. The van der Waals surface area contributed by atoms with Crippen molar-refractivity contribution in [1.82, 2.24) is 9.88 Å². The second kappa shape index (κ2) is 7.78. The first-order valence-corrected chi connectivity index (χ1v) is 9.51. The van der Waals surface area contributed by atoms with Crippen LogP contribution in [-0.2, 0) is 17.6 Å². The third kappa shape index (κ3) is 4.07. The number of thiazole rings is 1. The molecule has 1 atom stereocenters. The van der Waals surface area contributed by atoms with Crippen molar-refractivity contribution in [2.45, 2.75) is 32.6 Å². The fraction of sp³-hybridized carbons (Fsp3) is 0.421. The number of nitrogens with zero attached hydrogens (tertiary/aromatic N) is 2. The van der Waals surface area contributed by atoms with Crippen molar-refractivity contribution in [3.8, 4) is 0 Å². The second-order valence-electron chi connectivity index (χ2n) is 6.40. The van der Waals surface area contributed by atoms with E-state index in [0.29, 0.717) is 35.9 Å². The van der Waals surface area contributed by atoms with E-state index in [9.17, 15) is 9.59 Å². The fourth-order valence-corrected chi connectivity index (χ4v) is 4.18. The molecule has 5 nitrogen and oxygen atoms in total. The highest BCUT2D eigenvalue weighted by Crippen LogP contribution is 2.26. The minimum Gasteiger partial charge on any atom is -0.375 e. The van der Waals surface area contributed by atoms with Crippen molar-refractivity contribution in [2.24, 2.45) is 5.92 Å². The van der Waals surface area contributed by atoms with Crippen LogP contribution in [-0.4, -0.2) is 34.7 Å². The minimum atomic E-state index is -0.0896. The van der Waals surface area contributed by atoms with Crippen molar-refractivity contribution in [2.75, 3.05) is 18.8 Å². The van der Waals surface area contributed by atoms with Gasteiger partial charge in [0.1, 0.15) is 10.7 Å². The summed E-state index contributed by atoms with van der Waals surface area (Å²) in [5.41, 5.74) is 7.55. The minimum absolute atomic E-state index is 0.0386. The Labute approximate surface area is 151 Å². The first-order chi connectivity index (χ1) is 12.1. The molecule has 3 rings (SSSR count). The zero-order valence-corrected chi connectivity index (χ0v) is 15.2. The summed E-state index contributed by atoms with van der Waals surface area (Å²) in [4.78, 5) is 32.1. The van der Waals surface area contributed by atoms with Gasteiger partial charge in [0.15, 0.2) is 5.13 Å². The van der Waals surface area contributed by atoms with Crippen molar-refractivity contribution in [1.29, 1.82) is 0 Å². The summed E-state index contributed by atoms with van der Waals surface area (Å²) in [6, 6.07) is 9.77. The number of benzene rings is 1. The molecule has 0 spiro atoms. The SMILES string of the molecule is CCc1nc(N)sc1C(=O)N1CCC[C@H](C(=O)Cc2ccccc2)C1. The first kappa shape index (κ1) is 17.6. The third-order valence-electron chi connectivity index (χ3n) is 4.63.